The number of para-hydroxylation sites is 2. The summed E-state index contributed by atoms with van der Waals surface area (Å²) in [5, 5.41) is 11.0. The van der Waals surface area contributed by atoms with Crippen molar-refractivity contribution in [3.05, 3.63) is 71.9 Å². The molecule has 0 saturated heterocycles. The van der Waals surface area contributed by atoms with Gasteiger partial charge in [-0.25, -0.2) is 18.6 Å². The maximum atomic E-state index is 9.77. The SMILES string of the molecule is C[n+]1c(/C=C/c2ccccc2O)ccc2ccccc21.[O-][Cl+3]([O-])([O-])[O-]. The standard InChI is InChI=1S/C18H15NO.ClHO4/c1-19-16(12-10-14-6-2-4-8-17(14)19)13-11-15-7-3-5-9-18(15)20;2-1(3,4)5/h2-13H,1H3;(H,2,3,4,5). The highest BCUT2D eigenvalue weighted by molar-refractivity contribution is 5.77. The molecule has 3 aromatic rings. The second-order valence-electron chi connectivity index (χ2n) is 5.15. The first-order valence-electron chi connectivity index (χ1n) is 7.21. The van der Waals surface area contributed by atoms with Crippen LogP contribution in [0.3, 0.4) is 0 Å². The van der Waals surface area contributed by atoms with Gasteiger partial charge in [0.1, 0.15) is 12.8 Å². The molecule has 0 unspecified atom stereocenters. The number of hydrogen-bond donors (Lipinski definition) is 1. The zero-order valence-corrected chi connectivity index (χ0v) is 14.1. The van der Waals surface area contributed by atoms with Crippen molar-refractivity contribution >= 4 is 23.1 Å². The molecule has 3 rings (SSSR count). The largest absolute Gasteiger partial charge is 0.507 e. The second-order valence-corrected chi connectivity index (χ2v) is 5.90. The third-order valence-electron chi connectivity index (χ3n) is 3.49. The molecular weight excluding hydrogens is 346 g/mol. The van der Waals surface area contributed by atoms with E-state index in [9.17, 15) is 5.11 Å². The monoisotopic (exact) mass is 361 g/mol. The van der Waals surface area contributed by atoms with Crippen LogP contribution in [-0.2, 0) is 7.05 Å². The minimum absolute atomic E-state index is 0.298. The van der Waals surface area contributed by atoms with Crippen LogP contribution in [0.15, 0.2) is 60.7 Å². The third kappa shape index (κ3) is 5.82. The van der Waals surface area contributed by atoms with E-state index >= 15 is 0 Å². The summed E-state index contributed by atoms with van der Waals surface area (Å²) in [5.41, 5.74) is 3.10. The maximum Gasteiger partial charge on any atom is 0.212 e. The second kappa shape index (κ2) is 8.06. The Morgan fingerprint density at radius 2 is 1.44 bits per heavy atom. The number of phenolic OH excluding ortho intramolecular Hbond substituents is 1. The summed E-state index contributed by atoms with van der Waals surface area (Å²) in [6.07, 6.45) is 3.95. The van der Waals surface area contributed by atoms with Gasteiger partial charge in [0.2, 0.25) is 11.2 Å². The molecule has 1 N–H and O–H groups in total. The number of pyridine rings is 1. The number of phenols is 1. The van der Waals surface area contributed by atoms with Gasteiger partial charge in [0.25, 0.3) is 0 Å². The molecule has 6 nitrogen and oxygen atoms in total. The summed E-state index contributed by atoms with van der Waals surface area (Å²) in [6, 6.07) is 19.8. The van der Waals surface area contributed by atoms with Crippen LogP contribution in [0, 0.1) is 10.2 Å². The van der Waals surface area contributed by atoms with Gasteiger partial charge in [0.15, 0.2) is 0 Å². The lowest BCUT2D eigenvalue weighted by molar-refractivity contribution is -2.00. The number of aryl methyl sites for hydroxylation is 1. The molecule has 1 heterocycles. The van der Waals surface area contributed by atoms with Gasteiger partial charge in [-0.3, -0.25) is 0 Å². The van der Waals surface area contributed by atoms with Crippen LogP contribution in [0.5, 0.6) is 5.75 Å². The van der Waals surface area contributed by atoms with Gasteiger partial charge in [-0.2, -0.15) is 4.57 Å². The minimum atomic E-state index is -4.94. The van der Waals surface area contributed by atoms with E-state index in [1.807, 2.05) is 49.5 Å². The molecule has 130 valence electrons. The zero-order valence-electron chi connectivity index (χ0n) is 13.3. The summed E-state index contributed by atoms with van der Waals surface area (Å²) in [6.45, 7) is 0. The normalized spacial score (nSPS) is 11.4. The molecular formula is C18H16ClNO5. The van der Waals surface area contributed by atoms with E-state index < -0.39 is 10.2 Å². The lowest BCUT2D eigenvalue weighted by atomic mass is 10.1. The van der Waals surface area contributed by atoms with Crippen LogP contribution in [-0.4, -0.2) is 5.11 Å². The fourth-order valence-electron chi connectivity index (χ4n) is 2.33. The van der Waals surface area contributed by atoms with E-state index in [-0.39, 0.29) is 0 Å². The highest BCUT2D eigenvalue weighted by atomic mass is 35.7. The van der Waals surface area contributed by atoms with Gasteiger partial charge < -0.3 is 5.11 Å². The number of halogens is 1. The highest BCUT2D eigenvalue weighted by Gasteiger charge is 2.08. The van der Waals surface area contributed by atoms with E-state index in [0.717, 1.165) is 11.3 Å². The minimum Gasteiger partial charge on any atom is -0.507 e. The molecule has 0 aliphatic rings. The van der Waals surface area contributed by atoms with Crippen molar-refractivity contribution in [2.75, 3.05) is 0 Å². The smallest absolute Gasteiger partial charge is 0.212 e. The Kier molecular flexibility index (Phi) is 6.08. The number of fused-ring (bicyclic) bond motifs is 1. The Balaban J connectivity index is 0.000000399. The first-order valence-corrected chi connectivity index (χ1v) is 8.45. The molecule has 1 aromatic heterocycles. The molecule has 25 heavy (non-hydrogen) atoms. The van der Waals surface area contributed by atoms with Gasteiger partial charge >= 0.3 is 0 Å². The molecule has 0 amide bonds. The van der Waals surface area contributed by atoms with Gasteiger partial charge in [-0.05, 0) is 24.3 Å². The number of nitrogens with zero attached hydrogens (tertiary/aromatic N) is 1. The Bertz CT molecular complexity index is 884. The average Bonchev–Trinajstić information content (AvgIpc) is 2.54. The first kappa shape index (κ1) is 18.9. The van der Waals surface area contributed by atoms with Gasteiger partial charge in [-0.15, -0.1) is 10.2 Å². The quantitative estimate of drug-likeness (QED) is 0.574. The van der Waals surface area contributed by atoms with Crippen molar-refractivity contribution in [2.45, 2.75) is 0 Å². The number of hydrogen-bond acceptors (Lipinski definition) is 5. The van der Waals surface area contributed by atoms with Crippen LogP contribution in [0.25, 0.3) is 23.1 Å². The predicted molar refractivity (Wildman–Crippen MR) is 82.2 cm³/mol. The number of benzene rings is 2. The molecule has 0 fully saturated rings. The Labute approximate surface area is 146 Å². The van der Waals surface area contributed by atoms with Crippen molar-refractivity contribution in [2.24, 2.45) is 7.05 Å². The maximum absolute atomic E-state index is 9.77. The molecule has 0 saturated carbocycles. The molecule has 0 radical (unpaired) electrons. The number of aromatic hydroxyl groups is 1. The Hall–Kier alpha value is -2.48. The number of rotatable bonds is 2. The number of aromatic nitrogens is 1. The summed E-state index contributed by atoms with van der Waals surface area (Å²) in [7, 11) is -2.90. The van der Waals surface area contributed by atoms with Crippen LogP contribution in [0.1, 0.15) is 11.3 Å². The molecule has 0 atom stereocenters. The van der Waals surface area contributed by atoms with Gasteiger partial charge in [0, 0.05) is 29.2 Å². The highest BCUT2D eigenvalue weighted by Crippen LogP contribution is 2.18. The molecule has 0 aliphatic carbocycles. The average molecular weight is 362 g/mol. The van der Waals surface area contributed by atoms with Crippen molar-refractivity contribution in [3.63, 3.8) is 0 Å². The molecule has 0 bridgehead atoms. The predicted octanol–water partition coefficient (Wildman–Crippen LogP) is -1.22. The lowest BCUT2D eigenvalue weighted by Crippen LogP contribution is -2.68. The van der Waals surface area contributed by atoms with Crippen LogP contribution >= 0.6 is 0 Å². The van der Waals surface area contributed by atoms with Crippen molar-refractivity contribution in [1.29, 1.82) is 0 Å². The summed E-state index contributed by atoms with van der Waals surface area (Å²) < 4.78 is 36.1. The summed E-state index contributed by atoms with van der Waals surface area (Å²) >= 11 is 0. The topological polar surface area (TPSA) is 116 Å². The van der Waals surface area contributed by atoms with Crippen LogP contribution in [0.2, 0.25) is 0 Å². The fraction of sp³-hybridized carbons (Fsp3) is 0.0556. The van der Waals surface area contributed by atoms with Crippen molar-refractivity contribution < 1.29 is 38.6 Å². The van der Waals surface area contributed by atoms with Crippen molar-refractivity contribution in [1.82, 2.24) is 0 Å². The zero-order chi connectivity index (χ0) is 18.4. The van der Waals surface area contributed by atoms with Crippen LogP contribution in [0.4, 0.5) is 0 Å². The molecule has 7 heteroatoms. The molecule has 2 aromatic carbocycles. The van der Waals surface area contributed by atoms with E-state index in [4.69, 9.17) is 18.6 Å². The van der Waals surface area contributed by atoms with Gasteiger partial charge in [0.05, 0.1) is 0 Å². The Morgan fingerprint density at radius 1 is 0.840 bits per heavy atom. The summed E-state index contributed by atoms with van der Waals surface area (Å²) in [5.74, 6) is 0.298. The summed E-state index contributed by atoms with van der Waals surface area (Å²) in [4.78, 5) is 0. The Morgan fingerprint density at radius 3 is 2.12 bits per heavy atom. The molecule has 0 aliphatic heterocycles. The van der Waals surface area contributed by atoms with E-state index in [2.05, 4.69) is 28.8 Å². The van der Waals surface area contributed by atoms with Gasteiger partial charge in [-0.1, -0.05) is 30.3 Å². The van der Waals surface area contributed by atoms with E-state index in [0.29, 0.717) is 5.75 Å². The molecule has 0 spiro atoms. The first-order chi connectivity index (χ1) is 11.8. The fourth-order valence-corrected chi connectivity index (χ4v) is 2.33. The third-order valence-corrected chi connectivity index (χ3v) is 3.49. The van der Waals surface area contributed by atoms with E-state index in [1.54, 1.807) is 6.07 Å². The van der Waals surface area contributed by atoms with Crippen LogP contribution < -0.4 is 23.2 Å². The lowest BCUT2D eigenvalue weighted by Gasteiger charge is -2.17. The van der Waals surface area contributed by atoms with Crippen molar-refractivity contribution in [3.8, 4) is 5.75 Å². The van der Waals surface area contributed by atoms with E-state index in [1.165, 1.54) is 10.9 Å².